The Balaban J connectivity index is 0. The molecule has 0 aliphatic rings. The molecule has 0 fully saturated rings. The Kier molecular flexibility index (Phi) is 14.1. The van der Waals surface area contributed by atoms with Crippen LogP contribution in [0.2, 0.25) is 0 Å². The highest BCUT2D eigenvalue weighted by atomic mass is 17.0. The van der Waals surface area contributed by atoms with Crippen LogP contribution >= 0.6 is 0 Å². The molecule has 0 spiro atoms. The first kappa shape index (κ1) is 18.3. The van der Waals surface area contributed by atoms with E-state index < -0.39 is 5.97 Å². The summed E-state index contributed by atoms with van der Waals surface area (Å²) in [7, 11) is 6.09. The molecule has 0 saturated carbocycles. The minimum absolute atomic E-state index is 0.522. The number of carbonyl (C=O) groups is 1. The van der Waals surface area contributed by atoms with Crippen LogP contribution in [0.15, 0.2) is 12.7 Å². The molecule has 8 nitrogen and oxygen atoms in total. The van der Waals surface area contributed by atoms with E-state index in [-0.39, 0.29) is 0 Å². The summed E-state index contributed by atoms with van der Waals surface area (Å²) in [5, 5.41) is 10.2. The average molecular weight is 252 g/mol. The van der Waals surface area contributed by atoms with Gasteiger partial charge in [0, 0.05) is 6.08 Å². The Morgan fingerprint density at radius 2 is 1.29 bits per heavy atom. The summed E-state index contributed by atoms with van der Waals surface area (Å²) in [5.41, 5.74) is 0. The number of hydrogen-bond donors (Lipinski definition) is 1. The number of nitrogens with zero attached hydrogens (tertiary/aromatic N) is 2. The maximum Gasteiger partial charge on any atom is 0.327 e. The molecule has 0 atom stereocenters. The van der Waals surface area contributed by atoms with E-state index in [1.54, 1.807) is 0 Å². The summed E-state index contributed by atoms with van der Waals surface area (Å²) in [5.74, 6) is -0.981. The highest BCUT2D eigenvalue weighted by Crippen LogP contribution is 1.92. The Hall–Kier alpha value is -1.03. The van der Waals surface area contributed by atoms with Crippen molar-refractivity contribution in [3.8, 4) is 0 Å². The van der Waals surface area contributed by atoms with Gasteiger partial charge in [-0.1, -0.05) is 17.0 Å². The first-order chi connectivity index (χ1) is 8.05. The molecular formula is C9H20N2O6. The fourth-order valence-corrected chi connectivity index (χ4v) is 0.678. The van der Waals surface area contributed by atoms with Gasteiger partial charge in [0.2, 0.25) is 0 Å². The van der Waals surface area contributed by atoms with Crippen LogP contribution in [0.3, 0.4) is 0 Å². The van der Waals surface area contributed by atoms with Crippen LogP contribution in [0.5, 0.6) is 0 Å². The zero-order valence-electron chi connectivity index (χ0n) is 10.6. The van der Waals surface area contributed by atoms with Gasteiger partial charge in [0.25, 0.3) is 0 Å². The van der Waals surface area contributed by atoms with Gasteiger partial charge in [-0.25, -0.2) is 4.79 Å². The molecule has 0 aliphatic heterocycles. The third-order valence-corrected chi connectivity index (χ3v) is 1.45. The number of carboxylic acids is 1. The predicted octanol–water partition coefficient (Wildman–Crippen LogP) is 0.0930. The third-order valence-electron chi connectivity index (χ3n) is 1.45. The summed E-state index contributed by atoms with van der Waals surface area (Å²) in [6, 6.07) is 0. The second-order valence-electron chi connectivity index (χ2n) is 2.39. The van der Waals surface area contributed by atoms with E-state index in [1.165, 1.54) is 38.9 Å². The van der Waals surface area contributed by atoms with Gasteiger partial charge in [-0.2, -0.15) is 0 Å². The van der Waals surface area contributed by atoms with Crippen molar-refractivity contribution >= 4 is 5.97 Å². The van der Waals surface area contributed by atoms with Gasteiger partial charge in [0.15, 0.2) is 0 Å². The zero-order valence-corrected chi connectivity index (χ0v) is 10.6. The lowest BCUT2D eigenvalue weighted by molar-refractivity contribution is -0.377. The highest BCUT2D eigenvalue weighted by Gasteiger charge is 2.06. The molecule has 1 N–H and O–H groups in total. The molecule has 0 rings (SSSR count). The maximum atomic E-state index is 9.25. The van der Waals surface area contributed by atoms with Crippen molar-refractivity contribution in [2.45, 2.75) is 0 Å². The fourth-order valence-electron chi connectivity index (χ4n) is 0.678. The third kappa shape index (κ3) is 12.9. The molecule has 0 aromatic rings. The van der Waals surface area contributed by atoms with Crippen LogP contribution < -0.4 is 0 Å². The molecule has 0 amide bonds. The topological polar surface area (TPSA) is 80.7 Å². The molecule has 0 aromatic heterocycles. The van der Waals surface area contributed by atoms with Crippen molar-refractivity contribution in [3.05, 3.63) is 12.7 Å². The molecular weight excluding hydrogens is 232 g/mol. The molecule has 0 unspecified atom stereocenters. The average Bonchev–Trinajstić information content (AvgIpc) is 2.36. The van der Waals surface area contributed by atoms with Crippen molar-refractivity contribution < 1.29 is 29.3 Å². The number of hydroxylamine groups is 4. The van der Waals surface area contributed by atoms with Gasteiger partial charge in [-0.3, -0.25) is 19.4 Å². The summed E-state index contributed by atoms with van der Waals surface area (Å²) in [6.07, 6.45) is 0.833. The first-order valence-corrected chi connectivity index (χ1v) is 4.62. The van der Waals surface area contributed by atoms with E-state index in [0.29, 0.717) is 13.1 Å². The minimum Gasteiger partial charge on any atom is -0.478 e. The second kappa shape index (κ2) is 13.0. The van der Waals surface area contributed by atoms with Crippen LogP contribution in [0.4, 0.5) is 0 Å². The Bertz CT molecular complexity index is 182. The smallest absolute Gasteiger partial charge is 0.327 e. The van der Waals surface area contributed by atoms with E-state index in [2.05, 4.69) is 6.58 Å². The van der Waals surface area contributed by atoms with Gasteiger partial charge >= 0.3 is 5.97 Å². The molecule has 0 heterocycles. The molecule has 0 radical (unpaired) electrons. The van der Waals surface area contributed by atoms with Crippen LogP contribution in [-0.4, -0.2) is 63.1 Å². The highest BCUT2D eigenvalue weighted by molar-refractivity contribution is 5.78. The van der Waals surface area contributed by atoms with Gasteiger partial charge < -0.3 is 5.11 Å². The largest absolute Gasteiger partial charge is 0.478 e. The molecule has 0 saturated heterocycles. The van der Waals surface area contributed by atoms with Crippen LogP contribution in [0, 0.1) is 0 Å². The van der Waals surface area contributed by atoms with E-state index in [1.807, 2.05) is 0 Å². The molecule has 0 aromatic carbocycles. The van der Waals surface area contributed by atoms with Crippen molar-refractivity contribution in [2.24, 2.45) is 0 Å². The standard InChI is InChI=1S/C6H16N2O4.C3H4O2/c1-9-7(10-2)5-6-8(11-3)12-4;1-2-3(4)5/h5-6H2,1-4H3;2H,1H2,(H,4,5). The predicted molar refractivity (Wildman–Crippen MR) is 59.3 cm³/mol. The second-order valence-corrected chi connectivity index (χ2v) is 2.39. The maximum absolute atomic E-state index is 9.25. The molecule has 0 aliphatic carbocycles. The van der Waals surface area contributed by atoms with Crippen molar-refractivity contribution in [2.75, 3.05) is 41.5 Å². The van der Waals surface area contributed by atoms with Gasteiger partial charge in [0.05, 0.1) is 41.5 Å². The molecule has 17 heavy (non-hydrogen) atoms. The Morgan fingerprint density at radius 3 is 1.41 bits per heavy atom. The van der Waals surface area contributed by atoms with E-state index in [4.69, 9.17) is 24.5 Å². The number of hydrogen-bond acceptors (Lipinski definition) is 7. The van der Waals surface area contributed by atoms with Crippen molar-refractivity contribution in [1.29, 1.82) is 0 Å². The van der Waals surface area contributed by atoms with Gasteiger partial charge in [-0.15, -0.1) is 0 Å². The zero-order chi connectivity index (χ0) is 13.7. The lowest BCUT2D eigenvalue weighted by atomic mass is 10.7. The van der Waals surface area contributed by atoms with E-state index >= 15 is 0 Å². The number of carboxylic acid groups (broad SMARTS) is 1. The van der Waals surface area contributed by atoms with E-state index in [0.717, 1.165) is 6.08 Å². The minimum atomic E-state index is -0.981. The molecule has 102 valence electrons. The Labute approximate surface area is 101 Å². The number of rotatable bonds is 8. The van der Waals surface area contributed by atoms with Crippen LogP contribution in [0.25, 0.3) is 0 Å². The fraction of sp³-hybridized carbons (Fsp3) is 0.667. The molecule has 0 bridgehead atoms. The summed E-state index contributed by atoms with van der Waals surface area (Å²) < 4.78 is 0. The first-order valence-electron chi connectivity index (χ1n) is 4.62. The quantitative estimate of drug-likeness (QED) is 0.481. The van der Waals surface area contributed by atoms with E-state index in [9.17, 15) is 4.79 Å². The lowest BCUT2D eigenvalue weighted by Gasteiger charge is -2.20. The normalized spacial score (nSPS) is 10.0. The van der Waals surface area contributed by atoms with Crippen LogP contribution in [-0.2, 0) is 24.1 Å². The van der Waals surface area contributed by atoms with Gasteiger partial charge in [0.1, 0.15) is 0 Å². The van der Waals surface area contributed by atoms with Gasteiger partial charge in [-0.05, 0) is 0 Å². The van der Waals surface area contributed by atoms with Crippen molar-refractivity contribution in [1.82, 2.24) is 10.5 Å². The van der Waals surface area contributed by atoms with Crippen molar-refractivity contribution in [3.63, 3.8) is 0 Å². The summed E-state index contributed by atoms with van der Waals surface area (Å²) >= 11 is 0. The lowest BCUT2D eigenvalue weighted by Crippen LogP contribution is -2.33. The Morgan fingerprint density at radius 1 is 1.06 bits per heavy atom. The summed E-state index contributed by atoms with van der Waals surface area (Å²) in [6.45, 7) is 4.01. The monoisotopic (exact) mass is 252 g/mol. The summed E-state index contributed by atoms with van der Waals surface area (Å²) in [4.78, 5) is 28.5. The SMILES string of the molecule is C=CC(=O)O.CON(CCN(OC)OC)OC. The molecule has 8 heteroatoms. The van der Waals surface area contributed by atoms with Crippen LogP contribution in [0.1, 0.15) is 0 Å². The number of aliphatic carboxylic acids is 1.